The highest BCUT2D eigenvalue weighted by Crippen LogP contribution is 2.07. The van der Waals surface area contributed by atoms with E-state index in [-0.39, 0.29) is 12.8 Å². The third-order valence-corrected chi connectivity index (χ3v) is 3.42. The summed E-state index contributed by atoms with van der Waals surface area (Å²) in [4.78, 5) is 20.5. The number of aliphatic carboxylic acids is 2. The normalized spacial score (nSPS) is 9.75. The first-order valence-corrected chi connectivity index (χ1v) is 7.91. The summed E-state index contributed by atoms with van der Waals surface area (Å²) >= 11 is 0. The molecule has 0 bridgehead atoms. The molecule has 2 aromatic carbocycles. The Hall–Kier alpha value is -2.62. The lowest BCUT2D eigenvalue weighted by molar-refractivity contribution is -0.138. The van der Waals surface area contributed by atoms with Gasteiger partial charge in [-0.05, 0) is 37.8 Å². The second-order valence-electron chi connectivity index (χ2n) is 5.77. The maximum Gasteiger partial charge on any atom is 0.303 e. The van der Waals surface area contributed by atoms with Crippen LogP contribution in [0.15, 0.2) is 48.5 Å². The topological polar surface area (TPSA) is 74.6 Å². The molecule has 2 aromatic rings. The monoisotopic (exact) mass is 328 g/mol. The van der Waals surface area contributed by atoms with Crippen LogP contribution >= 0.6 is 0 Å². The van der Waals surface area contributed by atoms with Gasteiger partial charge in [0.05, 0.1) is 0 Å². The zero-order valence-electron chi connectivity index (χ0n) is 14.2. The van der Waals surface area contributed by atoms with Gasteiger partial charge >= 0.3 is 11.9 Å². The van der Waals surface area contributed by atoms with E-state index in [0.717, 1.165) is 11.1 Å². The van der Waals surface area contributed by atoms with E-state index in [2.05, 4.69) is 0 Å². The summed E-state index contributed by atoms with van der Waals surface area (Å²) < 4.78 is 0. The summed E-state index contributed by atoms with van der Waals surface area (Å²) in [5.41, 5.74) is 4.55. The molecule has 2 rings (SSSR count). The predicted molar refractivity (Wildman–Crippen MR) is 94.3 cm³/mol. The van der Waals surface area contributed by atoms with Crippen molar-refractivity contribution in [3.05, 3.63) is 70.8 Å². The highest BCUT2D eigenvalue weighted by molar-refractivity contribution is 5.67. The molecule has 0 amide bonds. The van der Waals surface area contributed by atoms with Gasteiger partial charge in [-0.2, -0.15) is 0 Å². The first-order chi connectivity index (χ1) is 11.4. The largest absolute Gasteiger partial charge is 0.481 e. The van der Waals surface area contributed by atoms with Gasteiger partial charge in [0.2, 0.25) is 0 Å². The Morgan fingerprint density at radius 1 is 0.750 bits per heavy atom. The van der Waals surface area contributed by atoms with E-state index in [1.165, 1.54) is 11.1 Å². The van der Waals surface area contributed by atoms with Crippen LogP contribution in [0.2, 0.25) is 0 Å². The molecule has 2 N–H and O–H groups in total. The van der Waals surface area contributed by atoms with Crippen molar-refractivity contribution in [1.29, 1.82) is 0 Å². The molecular weight excluding hydrogens is 304 g/mol. The lowest BCUT2D eigenvalue weighted by atomic mass is 10.1. The summed E-state index contributed by atoms with van der Waals surface area (Å²) in [5, 5.41) is 16.9. The highest BCUT2D eigenvalue weighted by Gasteiger charge is 1.99. The fourth-order valence-corrected chi connectivity index (χ4v) is 2.24. The number of hydrogen-bond acceptors (Lipinski definition) is 2. The van der Waals surface area contributed by atoms with Crippen LogP contribution in [-0.4, -0.2) is 22.2 Å². The summed E-state index contributed by atoms with van der Waals surface area (Å²) in [5.74, 6) is -1.48. The molecule has 24 heavy (non-hydrogen) atoms. The number of rotatable bonds is 6. The van der Waals surface area contributed by atoms with Gasteiger partial charge in [0.1, 0.15) is 0 Å². The third-order valence-electron chi connectivity index (χ3n) is 3.42. The van der Waals surface area contributed by atoms with Gasteiger partial charge in [0.15, 0.2) is 0 Å². The van der Waals surface area contributed by atoms with Crippen LogP contribution < -0.4 is 0 Å². The van der Waals surface area contributed by atoms with Gasteiger partial charge in [-0.1, -0.05) is 59.7 Å². The lowest BCUT2D eigenvalue weighted by Crippen LogP contribution is -1.97. The average Bonchev–Trinajstić information content (AvgIpc) is 2.52. The van der Waals surface area contributed by atoms with Gasteiger partial charge < -0.3 is 10.2 Å². The number of carbonyl (C=O) groups is 2. The van der Waals surface area contributed by atoms with Crippen LogP contribution in [0.3, 0.4) is 0 Å². The Balaban J connectivity index is 0.000000240. The molecule has 0 saturated carbocycles. The SMILES string of the molecule is Cc1cccc(CCC(=O)O)c1.Cc1cccc(CCC(=O)O)c1. The minimum absolute atomic E-state index is 0.212. The van der Waals surface area contributed by atoms with Crippen molar-refractivity contribution < 1.29 is 19.8 Å². The second-order valence-corrected chi connectivity index (χ2v) is 5.77. The summed E-state index contributed by atoms with van der Waals surface area (Å²) in [6.07, 6.45) is 1.67. The van der Waals surface area contributed by atoms with Crippen molar-refractivity contribution in [1.82, 2.24) is 0 Å². The molecule has 0 spiro atoms. The predicted octanol–water partition coefficient (Wildman–Crippen LogP) is 4.02. The van der Waals surface area contributed by atoms with E-state index in [0.29, 0.717) is 12.8 Å². The molecule has 128 valence electrons. The van der Waals surface area contributed by atoms with Crippen LogP contribution in [0.1, 0.15) is 35.1 Å². The second kappa shape index (κ2) is 10.2. The van der Waals surface area contributed by atoms with Crippen molar-refractivity contribution in [2.75, 3.05) is 0 Å². The van der Waals surface area contributed by atoms with Crippen molar-refractivity contribution in [2.24, 2.45) is 0 Å². The van der Waals surface area contributed by atoms with Crippen LogP contribution in [0.5, 0.6) is 0 Å². The van der Waals surface area contributed by atoms with Gasteiger partial charge in [0, 0.05) is 12.8 Å². The van der Waals surface area contributed by atoms with E-state index < -0.39 is 11.9 Å². The van der Waals surface area contributed by atoms with Crippen molar-refractivity contribution in [3.63, 3.8) is 0 Å². The van der Waals surface area contributed by atoms with Crippen LogP contribution in [0, 0.1) is 13.8 Å². The lowest BCUT2D eigenvalue weighted by Gasteiger charge is -1.98. The van der Waals surface area contributed by atoms with Gasteiger partial charge in [-0.3, -0.25) is 9.59 Å². The van der Waals surface area contributed by atoms with Crippen molar-refractivity contribution in [2.45, 2.75) is 39.5 Å². The average molecular weight is 328 g/mol. The number of aryl methyl sites for hydroxylation is 4. The number of hydrogen-bond donors (Lipinski definition) is 2. The molecule has 0 radical (unpaired) electrons. The van der Waals surface area contributed by atoms with Crippen molar-refractivity contribution in [3.8, 4) is 0 Å². The third kappa shape index (κ3) is 8.73. The number of benzene rings is 2. The zero-order valence-corrected chi connectivity index (χ0v) is 14.2. The Bertz CT molecular complexity index is 617. The minimum atomic E-state index is -0.739. The van der Waals surface area contributed by atoms with E-state index in [1.54, 1.807) is 0 Å². The molecule has 0 aliphatic rings. The van der Waals surface area contributed by atoms with Gasteiger partial charge in [0.25, 0.3) is 0 Å². The first-order valence-electron chi connectivity index (χ1n) is 7.91. The highest BCUT2D eigenvalue weighted by atomic mass is 16.4. The number of carboxylic acids is 2. The Kier molecular flexibility index (Phi) is 8.26. The Labute approximate surface area is 142 Å². The summed E-state index contributed by atoms with van der Waals surface area (Å²) in [7, 11) is 0. The molecular formula is C20H24O4. The fraction of sp³-hybridized carbons (Fsp3) is 0.300. The smallest absolute Gasteiger partial charge is 0.303 e. The number of carboxylic acid groups (broad SMARTS) is 2. The summed E-state index contributed by atoms with van der Waals surface area (Å²) in [6, 6.07) is 15.9. The van der Waals surface area contributed by atoms with E-state index in [9.17, 15) is 9.59 Å². The molecule has 0 saturated heterocycles. The minimum Gasteiger partial charge on any atom is -0.481 e. The standard InChI is InChI=1S/2C10H12O2/c2*1-8-3-2-4-9(7-8)5-6-10(11)12/h2*2-4,7H,5-6H2,1H3,(H,11,12). The maximum atomic E-state index is 10.3. The Morgan fingerprint density at radius 2 is 1.12 bits per heavy atom. The van der Waals surface area contributed by atoms with E-state index in [4.69, 9.17) is 10.2 Å². The van der Waals surface area contributed by atoms with Crippen LogP contribution in [0.4, 0.5) is 0 Å². The van der Waals surface area contributed by atoms with E-state index in [1.807, 2.05) is 62.4 Å². The molecule has 0 aliphatic heterocycles. The van der Waals surface area contributed by atoms with Crippen LogP contribution in [0.25, 0.3) is 0 Å². The maximum absolute atomic E-state index is 10.3. The molecule has 0 atom stereocenters. The van der Waals surface area contributed by atoms with Crippen molar-refractivity contribution >= 4 is 11.9 Å². The Morgan fingerprint density at radius 3 is 1.42 bits per heavy atom. The fourth-order valence-electron chi connectivity index (χ4n) is 2.24. The zero-order chi connectivity index (χ0) is 17.9. The molecule has 4 nitrogen and oxygen atoms in total. The quantitative estimate of drug-likeness (QED) is 0.839. The van der Waals surface area contributed by atoms with Gasteiger partial charge in [-0.25, -0.2) is 0 Å². The van der Waals surface area contributed by atoms with E-state index >= 15 is 0 Å². The van der Waals surface area contributed by atoms with Gasteiger partial charge in [-0.15, -0.1) is 0 Å². The van der Waals surface area contributed by atoms with Crippen LogP contribution in [-0.2, 0) is 22.4 Å². The first kappa shape index (κ1) is 19.4. The molecule has 0 unspecified atom stereocenters. The molecule has 4 heteroatoms. The molecule has 0 fully saturated rings. The molecule has 0 heterocycles. The summed E-state index contributed by atoms with van der Waals surface area (Å²) in [6.45, 7) is 4.01. The molecule has 0 aliphatic carbocycles. The molecule has 0 aromatic heterocycles.